The monoisotopic (exact) mass is 536 g/mol. The highest BCUT2D eigenvalue weighted by Crippen LogP contribution is 2.16. The minimum atomic E-state index is -0.290. The Labute approximate surface area is 198 Å². The average molecular weight is 536 g/mol. The third-order valence-corrected chi connectivity index (χ3v) is 4.96. The summed E-state index contributed by atoms with van der Waals surface area (Å²) in [6, 6.07) is 7.01. The fraction of sp³-hybridized carbons (Fsp3) is 0.333. The Morgan fingerprint density at radius 3 is 2.55 bits per heavy atom. The highest BCUT2D eigenvalue weighted by atomic mass is 127. The first-order valence-corrected chi connectivity index (χ1v) is 10.1. The number of imidazole rings is 1. The molecule has 0 atom stereocenters. The summed E-state index contributed by atoms with van der Waals surface area (Å²) < 4.78 is 16.2. The summed E-state index contributed by atoms with van der Waals surface area (Å²) >= 11 is 0. The molecule has 8 nitrogen and oxygen atoms in total. The second kappa shape index (κ2) is 11.0. The molecule has 10 heteroatoms. The van der Waals surface area contributed by atoms with Gasteiger partial charge < -0.3 is 19.7 Å². The third kappa shape index (κ3) is 5.69. The second-order valence-electron chi connectivity index (χ2n) is 6.95. The summed E-state index contributed by atoms with van der Waals surface area (Å²) in [5.41, 5.74) is 1.30. The summed E-state index contributed by atoms with van der Waals surface area (Å²) in [7, 11) is 0. The SMILES string of the molecule is CCNC(=NCc1ccc(-n2ccnc2)c(F)c1)N1CCN(c2ncccn2)CC1.I. The molecule has 0 amide bonds. The van der Waals surface area contributed by atoms with E-state index in [9.17, 15) is 4.39 Å². The maximum Gasteiger partial charge on any atom is 0.225 e. The summed E-state index contributed by atoms with van der Waals surface area (Å²) in [4.78, 5) is 21.8. The number of guanidine groups is 1. The molecule has 164 valence electrons. The molecule has 1 saturated heterocycles. The Bertz CT molecular complexity index is 972. The predicted molar refractivity (Wildman–Crippen MR) is 130 cm³/mol. The number of benzene rings is 1. The number of aromatic nitrogens is 4. The predicted octanol–water partition coefficient (Wildman–Crippen LogP) is 2.71. The molecule has 0 aliphatic carbocycles. The highest BCUT2D eigenvalue weighted by molar-refractivity contribution is 14.0. The van der Waals surface area contributed by atoms with Crippen molar-refractivity contribution < 1.29 is 4.39 Å². The first-order chi connectivity index (χ1) is 14.7. The van der Waals surface area contributed by atoms with Crippen molar-refractivity contribution in [3.63, 3.8) is 0 Å². The number of rotatable bonds is 5. The lowest BCUT2D eigenvalue weighted by Crippen LogP contribution is -2.52. The highest BCUT2D eigenvalue weighted by Gasteiger charge is 2.21. The van der Waals surface area contributed by atoms with E-state index in [0.29, 0.717) is 12.2 Å². The van der Waals surface area contributed by atoms with Crippen molar-refractivity contribution in [1.29, 1.82) is 0 Å². The molecule has 3 aromatic rings. The zero-order chi connectivity index (χ0) is 20.8. The molecule has 0 saturated carbocycles. The summed E-state index contributed by atoms with van der Waals surface area (Å²) in [6.07, 6.45) is 8.46. The van der Waals surface area contributed by atoms with Gasteiger partial charge in [-0.05, 0) is 30.7 Å². The molecule has 3 heterocycles. The minimum absolute atomic E-state index is 0. The average Bonchev–Trinajstić information content (AvgIpc) is 3.32. The van der Waals surface area contributed by atoms with Crippen LogP contribution in [0.25, 0.3) is 5.69 Å². The number of nitrogens with one attached hydrogen (secondary N) is 1. The standard InChI is InChI=1S/C21H25FN8.HI/c1-2-24-20(28-10-12-29(13-11-28)21-25-6-3-7-26-21)27-15-17-4-5-19(18(22)14-17)30-9-8-23-16-30;/h3-9,14,16H,2,10-13,15H2,1H3,(H,24,27);1H. The molecule has 4 rings (SSSR count). The van der Waals surface area contributed by atoms with Gasteiger partial charge in [-0.15, -0.1) is 24.0 Å². The van der Waals surface area contributed by atoms with Gasteiger partial charge in [0.15, 0.2) is 5.96 Å². The van der Waals surface area contributed by atoms with E-state index in [1.165, 1.54) is 6.07 Å². The Balaban J connectivity index is 0.00000272. The molecule has 0 unspecified atom stereocenters. The lowest BCUT2D eigenvalue weighted by atomic mass is 10.2. The molecule has 0 bridgehead atoms. The lowest BCUT2D eigenvalue weighted by Gasteiger charge is -2.36. The number of nitrogens with zero attached hydrogens (tertiary/aromatic N) is 7. The van der Waals surface area contributed by atoms with Gasteiger partial charge in [0.2, 0.25) is 5.95 Å². The molecule has 1 aromatic carbocycles. The van der Waals surface area contributed by atoms with Crippen LogP contribution < -0.4 is 10.2 Å². The molecular formula is C21H26FIN8. The molecule has 1 fully saturated rings. The Hall–Kier alpha value is -2.76. The molecular weight excluding hydrogens is 510 g/mol. The van der Waals surface area contributed by atoms with Crippen molar-refractivity contribution in [1.82, 2.24) is 29.7 Å². The molecule has 1 aliphatic heterocycles. The Morgan fingerprint density at radius 1 is 1.13 bits per heavy atom. The van der Waals surface area contributed by atoms with Crippen LogP contribution in [0.4, 0.5) is 10.3 Å². The zero-order valence-electron chi connectivity index (χ0n) is 17.4. The molecule has 1 N–H and O–H groups in total. The zero-order valence-corrected chi connectivity index (χ0v) is 19.7. The number of aliphatic imine (C=N–C) groups is 1. The van der Waals surface area contributed by atoms with Crippen LogP contribution >= 0.6 is 24.0 Å². The van der Waals surface area contributed by atoms with E-state index in [0.717, 1.165) is 50.2 Å². The van der Waals surface area contributed by atoms with Crippen molar-refractivity contribution in [2.24, 2.45) is 4.99 Å². The largest absolute Gasteiger partial charge is 0.357 e. The quantitative estimate of drug-likeness (QED) is 0.307. The van der Waals surface area contributed by atoms with Gasteiger partial charge in [-0.2, -0.15) is 0 Å². The van der Waals surface area contributed by atoms with Gasteiger partial charge in [0.1, 0.15) is 5.82 Å². The number of piperazine rings is 1. The third-order valence-electron chi connectivity index (χ3n) is 4.96. The van der Waals surface area contributed by atoms with Gasteiger partial charge >= 0.3 is 0 Å². The van der Waals surface area contributed by atoms with Crippen LogP contribution in [0.5, 0.6) is 0 Å². The van der Waals surface area contributed by atoms with Crippen molar-refractivity contribution in [2.45, 2.75) is 13.5 Å². The van der Waals surface area contributed by atoms with Gasteiger partial charge in [-0.25, -0.2) is 24.3 Å². The van der Waals surface area contributed by atoms with Gasteiger partial charge in [0, 0.05) is 57.5 Å². The van der Waals surface area contributed by atoms with E-state index >= 15 is 0 Å². The first kappa shape index (κ1) is 22.9. The van der Waals surface area contributed by atoms with E-state index in [1.54, 1.807) is 41.7 Å². The van der Waals surface area contributed by atoms with Gasteiger partial charge in [0.25, 0.3) is 0 Å². The van der Waals surface area contributed by atoms with Crippen LogP contribution in [0.2, 0.25) is 0 Å². The van der Waals surface area contributed by atoms with Crippen molar-refractivity contribution in [2.75, 3.05) is 37.6 Å². The summed E-state index contributed by atoms with van der Waals surface area (Å²) in [6.45, 7) is 6.50. The maximum absolute atomic E-state index is 14.5. The molecule has 2 aromatic heterocycles. The summed E-state index contributed by atoms with van der Waals surface area (Å²) in [5.74, 6) is 1.31. The van der Waals surface area contributed by atoms with E-state index in [2.05, 4.69) is 30.1 Å². The van der Waals surface area contributed by atoms with Crippen molar-refractivity contribution in [3.05, 3.63) is 66.8 Å². The Kier molecular flexibility index (Phi) is 8.15. The molecule has 1 aliphatic rings. The van der Waals surface area contributed by atoms with Gasteiger partial charge in [-0.1, -0.05) is 6.07 Å². The van der Waals surface area contributed by atoms with Crippen LogP contribution in [-0.4, -0.2) is 63.1 Å². The molecule has 0 spiro atoms. The number of halogens is 2. The first-order valence-electron chi connectivity index (χ1n) is 10.1. The van der Waals surface area contributed by atoms with Crippen LogP contribution in [0.1, 0.15) is 12.5 Å². The number of hydrogen-bond acceptors (Lipinski definition) is 5. The van der Waals surface area contributed by atoms with E-state index in [1.807, 2.05) is 19.1 Å². The number of hydrogen-bond donors (Lipinski definition) is 1. The minimum Gasteiger partial charge on any atom is -0.357 e. The van der Waals surface area contributed by atoms with E-state index in [-0.39, 0.29) is 29.8 Å². The van der Waals surface area contributed by atoms with Crippen LogP contribution in [-0.2, 0) is 6.54 Å². The van der Waals surface area contributed by atoms with E-state index in [4.69, 9.17) is 4.99 Å². The van der Waals surface area contributed by atoms with Gasteiger partial charge in [-0.3, -0.25) is 0 Å². The van der Waals surface area contributed by atoms with Crippen molar-refractivity contribution >= 4 is 35.9 Å². The van der Waals surface area contributed by atoms with Crippen LogP contribution in [0.3, 0.4) is 0 Å². The Morgan fingerprint density at radius 2 is 1.90 bits per heavy atom. The second-order valence-corrected chi connectivity index (χ2v) is 6.95. The number of anilines is 1. The van der Waals surface area contributed by atoms with Crippen molar-refractivity contribution in [3.8, 4) is 5.69 Å². The molecule has 0 radical (unpaired) electrons. The van der Waals surface area contributed by atoms with Gasteiger partial charge in [0.05, 0.1) is 18.6 Å². The smallest absolute Gasteiger partial charge is 0.225 e. The van der Waals surface area contributed by atoms with E-state index < -0.39 is 0 Å². The fourth-order valence-corrected chi connectivity index (χ4v) is 3.42. The summed E-state index contributed by atoms with van der Waals surface area (Å²) in [5, 5.41) is 3.35. The molecule has 31 heavy (non-hydrogen) atoms. The van der Waals surface area contributed by atoms with Crippen LogP contribution in [0, 0.1) is 5.82 Å². The normalized spacial score (nSPS) is 14.3. The fourth-order valence-electron chi connectivity index (χ4n) is 3.42. The topological polar surface area (TPSA) is 74.5 Å². The maximum atomic E-state index is 14.5. The van der Waals surface area contributed by atoms with Crippen LogP contribution in [0.15, 0.2) is 60.4 Å². The lowest BCUT2D eigenvalue weighted by molar-refractivity contribution is 0.370.